The number of hydrogen-bond acceptors (Lipinski definition) is 5. The Labute approximate surface area is 291 Å². The van der Waals surface area contributed by atoms with Gasteiger partial charge in [-0.05, 0) is 79.7 Å². The molecule has 47 heavy (non-hydrogen) atoms. The number of carbonyl (C=O) groups excluding carboxylic acids is 3. The number of rotatable bonds is 8. The molecule has 1 aliphatic heterocycles. The summed E-state index contributed by atoms with van der Waals surface area (Å²) in [6.45, 7) is 1.87. The van der Waals surface area contributed by atoms with Gasteiger partial charge in [0, 0.05) is 41.5 Å². The summed E-state index contributed by atoms with van der Waals surface area (Å²) in [6, 6.07) is 36.5. The van der Waals surface area contributed by atoms with Crippen LogP contribution in [0.2, 0.25) is 10.0 Å². The molecule has 6 rings (SSSR count). The fraction of sp³-hybridized carbons (Fsp3) is 0.0541. The van der Waals surface area contributed by atoms with Crippen LogP contribution in [0.4, 0.5) is 17.1 Å². The van der Waals surface area contributed by atoms with Crippen molar-refractivity contribution in [1.82, 2.24) is 5.32 Å². The summed E-state index contributed by atoms with van der Waals surface area (Å²) >= 11 is 15.8. The Bertz CT molecular complexity index is 1950. The van der Waals surface area contributed by atoms with E-state index in [0.29, 0.717) is 26.9 Å². The number of anilines is 3. The second-order valence-corrected chi connectivity index (χ2v) is 13.8. The maximum Gasteiger partial charge on any atom is 0.272 e. The first-order valence-corrected chi connectivity index (χ1v) is 17.0. The summed E-state index contributed by atoms with van der Waals surface area (Å²) in [4.78, 5) is 45.3. The lowest BCUT2D eigenvalue weighted by molar-refractivity contribution is -0.117. The van der Waals surface area contributed by atoms with Crippen LogP contribution in [0.5, 0.6) is 0 Å². The van der Waals surface area contributed by atoms with Gasteiger partial charge in [-0.25, -0.2) is 0 Å². The highest BCUT2D eigenvalue weighted by Gasteiger charge is 2.31. The second kappa shape index (κ2) is 14.5. The van der Waals surface area contributed by atoms with Crippen molar-refractivity contribution in [3.05, 3.63) is 148 Å². The Morgan fingerprint density at radius 2 is 1.36 bits per heavy atom. The molecule has 0 aliphatic carbocycles. The van der Waals surface area contributed by atoms with Crippen LogP contribution in [0.15, 0.2) is 142 Å². The summed E-state index contributed by atoms with van der Waals surface area (Å²) < 4.78 is 0. The normalized spacial score (nSPS) is 12.8. The average Bonchev–Trinajstić information content (AvgIpc) is 3.08. The number of fused-ring (bicyclic) bond motifs is 2. The fourth-order valence-corrected chi connectivity index (χ4v) is 7.49. The van der Waals surface area contributed by atoms with Crippen molar-refractivity contribution in [2.24, 2.45) is 0 Å². The maximum absolute atomic E-state index is 14.0. The minimum atomic E-state index is -0.574. The summed E-state index contributed by atoms with van der Waals surface area (Å²) in [5.41, 5.74) is 2.91. The molecule has 5 aromatic carbocycles. The molecule has 0 saturated carbocycles. The van der Waals surface area contributed by atoms with Crippen molar-refractivity contribution in [3.63, 3.8) is 0 Å². The molecule has 0 bridgehead atoms. The van der Waals surface area contributed by atoms with Gasteiger partial charge in [0.2, 0.25) is 5.91 Å². The molecule has 3 amide bonds. The molecule has 1 heterocycles. The third-order valence-electron chi connectivity index (χ3n) is 7.22. The van der Waals surface area contributed by atoms with Crippen LogP contribution in [-0.4, -0.2) is 23.0 Å². The van der Waals surface area contributed by atoms with Crippen LogP contribution in [0.1, 0.15) is 22.8 Å². The summed E-state index contributed by atoms with van der Waals surface area (Å²) in [5.74, 6) is -1.10. The van der Waals surface area contributed by atoms with Crippen molar-refractivity contribution in [1.29, 1.82) is 0 Å². The minimum absolute atomic E-state index is 0.0456. The van der Waals surface area contributed by atoms with Gasteiger partial charge in [-0.2, -0.15) is 0 Å². The molecule has 0 spiro atoms. The van der Waals surface area contributed by atoms with E-state index >= 15 is 0 Å². The summed E-state index contributed by atoms with van der Waals surface area (Å²) in [5, 5.41) is 5.78. The molecule has 0 saturated heterocycles. The lowest BCUT2D eigenvalue weighted by atomic mass is 10.1. The van der Waals surface area contributed by atoms with Gasteiger partial charge in [0.1, 0.15) is 5.70 Å². The van der Waals surface area contributed by atoms with E-state index in [4.69, 9.17) is 23.2 Å². The van der Waals surface area contributed by atoms with Crippen LogP contribution in [0, 0.1) is 0 Å². The first-order valence-electron chi connectivity index (χ1n) is 14.6. The van der Waals surface area contributed by atoms with Gasteiger partial charge in [-0.15, -0.1) is 11.8 Å². The first-order chi connectivity index (χ1) is 22.8. The smallest absolute Gasteiger partial charge is 0.272 e. The number of carbonyl (C=O) groups is 3. The Kier molecular flexibility index (Phi) is 10.0. The van der Waals surface area contributed by atoms with E-state index in [1.807, 2.05) is 61.5 Å². The topological polar surface area (TPSA) is 78.5 Å². The lowest BCUT2D eigenvalue weighted by Crippen LogP contribution is -2.34. The van der Waals surface area contributed by atoms with Crippen LogP contribution in [0.25, 0.3) is 6.08 Å². The predicted molar refractivity (Wildman–Crippen MR) is 193 cm³/mol. The summed E-state index contributed by atoms with van der Waals surface area (Å²) in [6.07, 6.45) is 1.45. The number of thioether (sulfide) groups is 1. The molecule has 1 atom stereocenters. The largest absolute Gasteiger partial charge is 0.321 e. The number of amides is 3. The van der Waals surface area contributed by atoms with E-state index in [2.05, 4.69) is 10.6 Å². The van der Waals surface area contributed by atoms with E-state index in [1.165, 1.54) is 17.8 Å². The highest BCUT2D eigenvalue weighted by Crippen LogP contribution is 2.48. The van der Waals surface area contributed by atoms with Gasteiger partial charge in [0.05, 0.1) is 16.6 Å². The van der Waals surface area contributed by atoms with E-state index in [0.717, 1.165) is 26.1 Å². The first kappa shape index (κ1) is 32.5. The van der Waals surface area contributed by atoms with E-state index in [1.54, 1.807) is 83.4 Å². The molecule has 0 fully saturated rings. The van der Waals surface area contributed by atoms with Crippen molar-refractivity contribution in [2.45, 2.75) is 26.9 Å². The van der Waals surface area contributed by atoms with Crippen LogP contribution in [0.3, 0.4) is 0 Å². The predicted octanol–water partition coefficient (Wildman–Crippen LogP) is 9.71. The van der Waals surface area contributed by atoms with E-state index in [9.17, 15) is 14.4 Å². The zero-order chi connectivity index (χ0) is 32.9. The van der Waals surface area contributed by atoms with Gasteiger partial charge in [-0.1, -0.05) is 89.6 Å². The zero-order valence-corrected chi connectivity index (χ0v) is 28.1. The maximum atomic E-state index is 14.0. The van der Waals surface area contributed by atoms with Gasteiger partial charge in [-0.3, -0.25) is 19.3 Å². The Balaban J connectivity index is 1.22. The third-order valence-corrected chi connectivity index (χ3v) is 10.1. The van der Waals surface area contributed by atoms with Crippen LogP contribution >= 0.6 is 46.7 Å². The SMILES string of the molecule is CC(Sc1cccc(NC(=O)/C(=C\c2c(Cl)cccc2Cl)NC(=O)c2ccccc2)c1)C(=O)N1c2ccccc2Sc2ccccc21. The molecule has 6 nitrogen and oxygen atoms in total. The Morgan fingerprint density at radius 1 is 0.766 bits per heavy atom. The highest BCUT2D eigenvalue weighted by atomic mass is 35.5. The van der Waals surface area contributed by atoms with E-state index < -0.39 is 17.1 Å². The molecule has 0 aromatic heterocycles. The molecule has 10 heteroatoms. The molecular weight excluding hydrogens is 669 g/mol. The molecule has 234 valence electrons. The Hall–Kier alpha value is -4.47. The van der Waals surface area contributed by atoms with Crippen molar-refractivity contribution >= 4 is 87.6 Å². The third kappa shape index (κ3) is 7.42. The molecule has 2 N–H and O–H groups in total. The lowest BCUT2D eigenvalue weighted by Gasteiger charge is -2.32. The number of hydrogen-bond donors (Lipinski definition) is 2. The van der Waals surface area contributed by atoms with Crippen molar-refractivity contribution < 1.29 is 14.4 Å². The average molecular weight is 697 g/mol. The molecule has 5 aromatic rings. The van der Waals surface area contributed by atoms with Crippen LogP contribution in [-0.2, 0) is 9.59 Å². The van der Waals surface area contributed by atoms with Crippen molar-refractivity contribution in [2.75, 3.05) is 10.2 Å². The van der Waals surface area contributed by atoms with Gasteiger partial charge in [0.25, 0.3) is 11.8 Å². The standard InChI is InChI=1S/C37H27Cl2N3O3S2/c1-23(37(45)42-31-17-5-7-19-33(31)47-34-20-8-6-18-32(34)42)46-26-14-9-13-25(21-26)40-36(44)30(22-27-28(38)15-10-16-29(27)39)41-35(43)24-11-3-2-4-12-24/h2-23H,1H3,(H,40,44)(H,41,43)/b30-22+. The molecule has 0 radical (unpaired) electrons. The van der Waals surface area contributed by atoms with Crippen LogP contribution < -0.4 is 15.5 Å². The highest BCUT2D eigenvalue weighted by molar-refractivity contribution is 8.00. The Morgan fingerprint density at radius 3 is 2.02 bits per heavy atom. The molecule has 1 aliphatic rings. The van der Waals surface area contributed by atoms with Gasteiger partial charge < -0.3 is 10.6 Å². The van der Waals surface area contributed by atoms with Gasteiger partial charge >= 0.3 is 0 Å². The number of benzene rings is 5. The van der Waals surface area contributed by atoms with Crippen molar-refractivity contribution in [3.8, 4) is 0 Å². The fourth-order valence-electron chi connectivity index (χ4n) is 4.96. The number of halogens is 2. The zero-order valence-electron chi connectivity index (χ0n) is 24.9. The molecule has 1 unspecified atom stereocenters. The quantitative estimate of drug-likeness (QED) is 0.125. The number of para-hydroxylation sites is 2. The summed E-state index contributed by atoms with van der Waals surface area (Å²) in [7, 11) is 0. The number of nitrogens with one attached hydrogen (secondary N) is 2. The van der Waals surface area contributed by atoms with E-state index in [-0.39, 0.29) is 11.6 Å². The second-order valence-electron chi connectivity index (χ2n) is 10.5. The molecular formula is C37H27Cl2N3O3S2. The van der Waals surface area contributed by atoms with Gasteiger partial charge in [0.15, 0.2) is 0 Å². The minimum Gasteiger partial charge on any atom is -0.321 e. The monoisotopic (exact) mass is 695 g/mol. The number of nitrogens with zero attached hydrogens (tertiary/aromatic N) is 1.